The van der Waals surface area contributed by atoms with Crippen molar-refractivity contribution >= 4 is 17.8 Å². The van der Waals surface area contributed by atoms with Gasteiger partial charge in [-0.3, -0.25) is 9.59 Å². The number of hydrogen-bond acceptors (Lipinski definition) is 5. The predicted octanol–water partition coefficient (Wildman–Crippen LogP) is -0.549. The van der Waals surface area contributed by atoms with Crippen LogP contribution in [0.15, 0.2) is 0 Å². The molecule has 0 aliphatic rings. The number of nitrogens with one attached hydrogen (secondary N) is 2. The number of carboxylic acids is 1. The average Bonchev–Trinajstić information content (AvgIpc) is 2.47. The summed E-state index contributed by atoms with van der Waals surface area (Å²) < 4.78 is 0. The third-order valence-electron chi connectivity index (χ3n) is 3.85. The Morgan fingerprint density at radius 1 is 1.00 bits per heavy atom. The highest BCUT2D eigenvalue weighted by Gasteiger charge is 2.32. The summed E-state index contributed by atoms with van der Waals surface area (Å²) in [6, 6.07) is -3.12. The van der Waals surface area contributed by atoms with Crippen molar-refractivity contribution in [3.63, 3.8) is 0 Å². The number of carboxylic acid groups (broad SMARTS) is 1. The lowest BCUT2D eigenvalue weighted by molar-refractivity contribution is -0.144. The van der Waals surface area contributed by atoms with Crippen LogP contribution in [0.3, 0.4) is 0 Å². The molecule has 6 N–H and O–H groups in total. The third-order valence-corrected chi connectivity index (χ3v) is 3.85. The van der Waals surface area contributed by atoms with Gasteiger partial charge < -0.3 is 26.6 Å². The summed E-state index contributed by atoms with van der Waals surface area (Å²) in [5.74, 6) is -2.89. The van der Waals surface area contributed by atoms with E-state index >= 15 is 0 Å². The molecule has 0 spiro atoms. The summed E-state index contributed by atoms with van der Waals surface area (Å²) in [6.45, 7) is 8.37. The molecule has 0 aromatic heterocycles. The van der Waals surface area contributed by atoms with Crippen LogP contribution in [0.25, 0.3) is 0 Å². The Labute approximate surface area is 136 Å². The van der Waals surface area contributed by atoms with Crippen molar-refractivity contribution in [1.29, 1.82) is 0 Å². The Kier molecular flexibility index (Phi) is 8.78. The number of nitrogens with two attached hydrogens (primary N) is 1. The van der Waals surface area contributed by atoms with Crippen molar-refractivity contribution in [3.8, 4) is 0 Å². The Bertz CT molecular complexity index is 425. The number of carbonyl (C=O) groups excluding carboxylic acids is 2. The number of aliphatic hydroxyl groups excluding tert-OH is 1. The van der Waals surface area contributed by atoms with Crippen molar-refractivity contribution < 1.29 is 24.6 Å². The van der Waals surface area contributed by atoms with E-state index in [1.165, 1.54) is 6.92 Å². The zero-order valence-electron chi connectivity index (χ0n) is 14.4. The maximum atomic E-state index is 12.4. The van der Waals surface area contributed by atoms with E-state index in [4.69, 9.17) is 5.73 Å². The summed E-state index contributed by atoms with van der Waals surface area (Å²) in [5.41, 5.74) is 5.54. The number of aliphatic carboxylic acids is 1. The van der Waals surface area contributed by atoms with E-state index < -0.39 is 42.0 Å². The standard InChI is InChI=1S/C15H29N3O5/c1-6-8(4)12(15(22)23)18-14(21)11(7(2)3)17-13(20)10(16)9(5)19/h7-12,19H,6,16H2,1-5H3,(H,17,20)(H,18,21)(H,22,23)/t8-,9+,10-,11-,12-/m0/s1. The molecule has 23 heavy (non-hydrogen) atoms. The molecule has 0 aliphatic heterocycles. The fourth-order valence-electron chi connectivity index (χ4n) is 1.93. The largest absolute Gasteiger partial charge is 0.480 e. The number of amides is 2. The molecule has 0 fully saturated rings. The topological polar surface area (TPSA) is 142 Å². The minimum absolute atomic E-state index is 0.250. The molecular formula is C15H29N3O5. The van der Waals surface area contributed by atoms with Gasteiger partial charge in [0.2, 0.25) is 11.8 Å². The molecule has 0 aliphatic carbocycles. The smallest absolute Gasteiger partial charge is 0.326 e. The molecule has 0 aromatic rings. The van der Waals surface area contributed by atoms with Gasteiger partial charge in [0, 0.05) is 0 Å². The molecule has 0 unspecified atom stereocenters. The fourth-order valence-corrected chi connectivity index (χ4v) is 1.93. The van der Waals surface area contributed by atoms with Gasteiger partial charge in [-0.05, 0) is 18.8 Å². The van der Waals surface area contributed by atoms with E-state index in [9.17, 15) is 24.6 Å². The number of hydrogen-bond donors (Lipinski definition) is 5. The van der Waals surface area contributed by atoms with Crippen LogP contribution in [-0.2, 0) is 14.4 Å². The first kappa shape index (κ1) is 21.3. The molecule has 2 amide bonds. The maximum Gasteiger partial charge on any atom is 0.326 e. The fraction of sp³-hybridized carbons (Fsp3) is 0.800. The van der Waals surface area contributed by atoms with Crippen LogP contribution in [0.4, 0.5) is 0 Å². The summed E-state index contributed by atoms with van der Waals surface area (Å²) >= 11 is 0. The normalized spacial score (nSPS) is 17.7. The molecule has 0 radical (unpaired) electrons. The van der Waals surface area contributed by atoms with Crippen molar-refractivity contribution in [2.75, 3.05) is 0 Å². The highest BCUT2D eigenvalue weighted by molar-refractivity contribution is 5.92. The van der Waals surface area contributed by atoms with Gasteiger partial charge in [0.1, 0.15) is 18.1 Å². The first-order valence-electron chi connectivity index (χ1n) is 7.80. The van der Waals surface area contributed by atoms with E-state index in [1.54, 1.807) is 20.8 Å². The summed E-state index contributed by atoms with van der Waals surface area (Å²) in [5, 5.41) is 23.5. The maximum absolute atomic E-state index is 12.4. The van der Waals surface area contributed by atoms with Gasteiger partial charge in [-0.1, -0.05) is 34.1 Å². The van der Waals surface area contributed by atoms with Crippen LogP contribution in [-0.4, -0.2) is 52.2 Å². The van der Waals surface area contributed by atoms with Gasteiger partial charge in [-0.2, -0.15) is 0 Å². The minimum Gasteiger partial charge on any atom is -0.480 e. The molecule has 8 nitrogen and oxygen atoms in total. The summed E-state index contributed by atoms with van der Waals surface area (Å²) in [7, 11) is 0. The Morgan fingerprint density at radius 3 is 1.83 bits per heavy atom. The highest BCUT2D eigenvalue weighted by atomic mass is 16.4. The summed E-state index contributed by atoms with van der Waals surface area (Å²) in [4.78, 5) is 35.6. The van der Waals surface area contributed by atoms with Crippen LogP contribution >= 0.6 is 0 Å². The minimum atomic E-state index is -1.16. The predicted molar refractivity (Wildman–Crippen MR) is 85.4 cm³/mol. The quantitative estimate of drug-likeness (QED) is 0.384. The first-order valence-corrected chi connectivity index (χ1v) is 7.80. The van der Waals surface area contributed by atoms with Crippen molar-refractivity contribution in [2.45, 2.75) is 65.3 Å². The van der Waals surface area contributed by atoms with Crippen molar-refractivity contribution in [3.05, 3.63) is 0 Å². The Balaban J connectivity index is 5.06. The highest BCUT2D eigenvalue weighted by Crippen LogP contribution is 2.10. The molecular weight excluding hydrogens is 302 g/mol. The lowest BCUT2D eigenvalue weighted by Gasteiger charge is -2.27. The van der Waals surface area contributed by atoms with Crippen LogP contribution < -0.4 is 16.4 Å². The van der Waals surface area contributed by atoms with Crippen molar-refractivity contribution in [1.82, 2.24) is 10.6 Å². The molecule has 0 aromatic carbocycles. The average molecular weight is 331 g/mol. The summed E-state index contributed by atoms with van der Waals surface area (Å²) in [6.07, 6.45) is -0.471. The number of carbonyl (C=O) groups is 3. The van der Waals surface area contributed by atoms with Crippen LogP contribution in [0.1, 0.15) is 41.0 Å². The second kappa shape index (κ2) is 9.46. The van der Waals surface area contributed by atoms with E-state index in [0.717, 1.165) is 0 Å². The SMILES string of the molecule is CC[C@H](C)[C@H](NC(=O)[C@@H](NC(=O)[C@@H](N)[C@@H](C)O)C(C)C)C(=O)O. The van der Waals surface area contributed by atoms with Gasteiger partial charge in [0.25, 0.3) is 0 Å². The third kappa shape index (κ3) is 6.54. The molecule has 5 atom stereocenters. The zero-order chi connectivity index (χ0) is 18.3. The molecule has 0 heterocycles. The number of aliphatic hydroxyl groups is 1. The molecule has 0 saturated heterocycles. The molecule has 8 heteroatoms. The van der Waals surface area contributed by atoms with Gasteiger partial charge in [0.15, 0.2) is 0 Å². The Morgan fingerprint density at radius 2 is 1.48 bits per heavy atom. The second-order valence-electron chi connectivity index (χ2n) is 6.21. The Hall–Kier alpha value is -1.67. The van der Waals surface area contributed by atoms with E-state index in [2.05, 4.69) is 10.6 Å². The van der Waals surface area contributed by atoms with Gasteiger partial charge in [-0.25, -0.2) is 4.79 Å². The van der Waals surface area contributed by atoms with E-state index in [-0.39, 0.29) is 11.8 Å². The molecule has 0 bridgehead atoms. The molecule has 0 rings (SSSR count). The second-order valence-corrected chi connectivity index (χ2v) is 6.21. The lowest BCUT2D eigenvalue weighted by Crippen LogP contribution is -2.58. The van der Waals surface area contributed by atoms with Crippen LogP contribution in [0.2, 0.25) is 0 Å². The zero-order valence-corrected chi connectivity index (χ0v) is 14.4. The van der Waals surface area contributed by atoms with E-state index in [0.29, 0.717) is 6.42 Å². The first-order chi connectivity index (χ1) is 10.5. The van der Waals surface area contributed by atoms with Gasteiger partial charge in [0.05, 0.1) is 6.10 Å². The van der Waals surface area contributed by atoms with Gasteiger partial charge >= 0.3 is 5.97 Å². The number of rotatable bonds is 9. The van der Waals surface area contributed by atoms with Gasteiger partial charge in [-0.15, -0.1) is 0 Å². The van der Waals surface area contributed by atoms with Crippen LogP contribution in [0.5, 0.6) is 0 Å². The molecule has 0 saturated carbocycles. The monoisotopic (exact) mass is 331 g/mol. The lowest BCUT2D eigenvalue weighted by atomic mass is 9.97. The van der Waals surface area contributed by atoms with E-state index in [1.807, 2.05) is 6.92 Å². The van der Waals surface area contributed by atoms with Crippen LogP contribution in [0, 0.1) is 11.8 Å². The van der Waals surface area contributed by atoms with Crippen molar-refractivity contribution in [2.24, 2.45) is 17.6 Å². The molecule has 134 valence electrons.